The molecule has 1 atom stereocenters. The highest BCUT2D eigenvalue weighted by Crippen LogP contribution is 2.23. The predicted octanol–water partition coefficient (Wildman–Crippen LogP) is -0.602. The molecule has 2 aliphatic rings. The summed E-state index contributed by atoms with van der Waals surface area (Å²) in [6, 6.07) is -0.206. The van der Waals surface area contributed by atoms with Crippen LogP contribution in [0.1, 0.15) is 12.8 Å². The van der Waals surface area contributed by atoms with E-state index in [2.05, 4.69) is 0 Å². The van der Waals surface area contributed by atoms with Crippen molar-refractivity contribution >= 4 is 11.8 Å². The van der Waals surface area contributed by atoms with Crippen molar-refractivity contribution in [3.63, 3.8) is 0 Å². The average Bonchev–Trinajstić information content (AvgIpc) is 2.84. The van der Waals surface area contributed by atoms with Gasteiger partial charge in [0.2, 0.25) is 11.8 Å². The van der Waals surface area contributed by atoms with E-state index in [1.165, 1.54) is 0 Å². The van der Waals surface area contributed by atoms with Gasteiger partial charge in [-0.1, -0.05) is 0 Å². The topological polar surface area (TPSA) is 53.1 Å². The van der Waals surface area contributed by atoms with Crippen molar-refractivity contribution in [2.24, 2.45) is 0 Å². The number of nitrogens with zero attached hydrogens (tertiary/aromatic N) is 3. The van der Waals surface area contributed by atoms with Gasteiger partial charge in [0, 0.05) is 19.6 Å². The summed E-state index contributed by atoms with van der Waals surface area (Å²) in [5, 5.41) is 0. The molecular formula is C13H23N3O3. The molecule has 0 saturated carbocycles. The Morgan fingerprint density at radius 3 is 2.84 bits per heavy atom. The highest BCUT2D eigenvalue weighted by molar-refractivity contribution is 5.95. The Hall–Kier alpha value is -1.14. The van der Waals surface area contributed by atoms with Crippen LogP contribution in [0.4, 0.5) is 0 Å². The first-order valence-electron chi connectivity index (χ1n) is 6.90. The number of carbonyl (C=O) groups is 2. The molecule has 108 valence electrons. The van der Waals surface area contributed by atoms with E-state index in [-0.39, 0.29) is 24.4 Å². The largest absolute Gasteiger partial charge is 0.378 e. The second-order valence-electron chi connectivity index (χ2n) is 5.42. The van der Waals surface area contributed by atoms with Gasteiger partial charge < -0.3 is 19.4 Å². The molecule has 0 N–H and O–H groups in total. The molecule has 2 aliphatic heterocycles. The molecule has 6 nitrogen and oxygen atoms in total. The number of likely N-dealkylation sites (N-methyl/N-ethyl adjacent to an activating group) is 1. The minimum Gasteiger partial charge on any atom is -0.378 e. The smallest absolute Gasteiger partial charge is 0.245 e. The molecule has 1 unspecified atom stereocenters. The Morgan fingerprint density at radius 2 is 2.11 bits per heavy atom. The van der Waals surface area contributed by atoms with E-state index in [9.17, 15) is 9.59 Å². The lowest BCUT2D eigenvalue weighted by Gasteiger charge is -2.36. The Bertz CT molecular complexity index is 346. The van der Waals surface area contributed by atoms with Crippen LogP contribution in [0.5, 0.6) is 0 Å². The zero-order chi connectivity index (χ0) is 13.8. The molecule has 0 aromatic rings. The first-order valence-corrected chi connectivity index (χ1v) is 6.90. The molecule has 2 saturated heterocycles. The number of fused-ring (bicyclic) bond motifs is 1. The van der Waals surface area contributed by atoms with Gasteiger partial charge >= 0.3 is 0 Å². The lowest BCUT2D eigenvalue weighted by atomic mass is 10.1. The van der Waals surface area contributed by atoms with Crippen molar-refractivity contribution in [2.75, 3.05) is 53.5 Å². The summed E-state index contributed by atoms with van der Waals surface area (Å²) in [4.78, 5) is 29.5. The van der Waals surface area contributed by atoms with Gasteiger partial charge in [0.25, 0.3) is 0 Å². The van der Waals surface area contributed by atoms with Crippen LogP contribution in [0.2, 0.25) is 0 Å². The molecule has 0 aromatic carbocycles. The van der Waals surface area contributed by atoms with Gasteiger partial charge in [-0.15, -0.1) is 0 Å². The van der Waals surface area contributed by atoms with E-state index in [0.717, 1.165) is 25.9 Å². The third kappa shape index (κ3) is 3.45. The summed E-state index contributed by atoms with van der Waals surface area (Å²) in [6.07, 6.45) is 1.75. The standard InChI is InChI=1S/C13H23N3O3/c1-14(2)6-8-19-9-7-15-10-12(17)16-5-3-4-11(16)13(15)18/h11H,3-10H2,1-2H3. The van der Waals surface area contributed by atoms with Crippen molar-refractivity contribution in [1.82, 2.24) is 14.7 Å². The zero-order valence-corrected chi connectivity index (χ0v) is 11.8. The van der Waals surface area contributed by atoms with Crippen LogP contribution in [0.25, 0.3) is 0 Å². The fourth-order valence-electron chi connectivity index (χ4n) is 2.58. The maximum atomic E-state index is 12.2. The first kappa shape index (κ1) is 14.3. The summed E-state index contributed by atoms with van der Waals surface area (Å²) in [7, 11) is 3.98. The van der Waals surface area contributed by atoms with E-state index >= 15 is 0 Å². The Balaban J connectivity index is 1.74. The molecule has 0 radical (unpaired) electrons. The van der Waals surface area contributed by atoms with Crippen LogP contribution in [0.3, 0.4) is 0 Å². The second kappa shape index (κ2) is 6.34. The predicted molar refractivity (Wildman–Crippen MR) is 70.7 cm³/mol. The molecule has 2 fully saturated rings. The highest BCUT2D eigenvalue weighted by atomic mass is 16.5. The molecule has 19 heavy (non-hydrogen) atoms. The molecule has 0 spiro atoms. The van der Waals surface area contributed by atoms with E-state index in [1.807, 2.05) is 19.0 Å². The summed E-state index contributed by atoms with van der Waals surface area (Å²) < 4.78 is 5.48. The van der Waals surface area contributed by atoms with Crippen LogP contribution >= 0.6 is 0 Å². The number of ether oxygens (including phenoxy) is 1. The van der Waals surface area contributed by atoms with E-state index in [1.54, 1.807) is 9.80 Å². The molecule has 2 amide bonds. The molecule has 0 aromatic heterocycles. The summed E-state index contributed by atoms with van der Waals surface area (Å²) in [6.45, 7) is 3.48. The van der Waals surface area contributed by atoms with Crippen LogP contribution in [0.15, 0.2) is 0 Å². The van der Waals surface area contributed by atoms with E-state index in [4.69, 9.17) is 4.74 Å². The third-order valence-electron chi connectivity index (χ3n) is 3.68. The molecular weight excluding hydrogens is 246 g/mol. The zero-order valence-electron chi connectivity index (χ0n) is 11.8. The van der Waals surface area contributed by atoms with Gasteiger partial charge in [-0.25, -0.2) is 0 Å². The lowest BCUT2D eigenvalue weighted by molar-refractivity contribution is -0.154. The Labute approximate surface area is 114 Å². The number of rotatable bonds is 6. The maximum Gasteiger partial charge on any atom is 0.245 e. The summed E-state index contributed by atoms with van der Waals surface area (Å²) >= 11 is 0. The van der Waals surface area contributed by atoms with Crippen molar-refractivity contribution in [2.45, 2.75) is 18.9 Å². The number of amides is 2. The van der Waals surface area contributed by atoms with Gasteiger partial charge in [0.05, 0.1) is 19.8 Å². The number of carbonyl (C=O) groups excluding carboxylic acids is 2. The Kier molecular flexibility index (Phi) is 4.76. The fourth-order valence-corrected chi connectivity index (χ4v) is 2.58. The maximum absolute atomic E-state index is 12.2. The molecule has 6 heteroatoms. The molecule has 0 aliphatic carbocycles. The molecule has 2 heterocycles. The quantitative estimate of drug-likeness (QED) is 0.604. The highest BCUT2D eigenvalue weighted by Gasteiger charge is 2.41. The number of hydrogen-bond acceptors (Lipinski definition) is 4. The van der Waals surface area contributed by atoms with Crippen LogP contribution in [-0.4, -0.2) is 86.0 Å². The fraction of sp³-hybridized carbons (Fsp3) is 0.846. The van der Waals surface area contributed by atoms with Crippen LogP contribution < -0.4 is 0 Å². The second-order valence-corrected chi connectivity index (χ2v) is 5.42. The van der Waals surface area contributed by atoms with Crippen LogP contribution in [-0.2, 0) is 14.3 Å². The minimum atomic E-state index is -0.206. The number of piperazine rings is 1. The van der Waals surface area contributed by atoms with E-state index < -0.39 is 0 Å². The van der Waals surface area contributed by atoms with Gasteiger partial charge in [-0.2, -0.15) is 0 Å². The average molecular weight is 269 g/mol. The van der Waals surface area contributed by atoms with Crippen molar-refractivity contribution < 1.29 is 14.3 Å². The first-order chi connectivity index (χ1) is 9.09. The van der Waals surface area contributed by atoms with Crippen molar-refractivity contribution in [3.05, 3.63) is 0 Å². The van der Waals surface area contributed by atoms with Gasteiger partial charge in [0.1, 0.15) is 6.04 Å². The summed E-state index contributed by atoms with van der Waals surface area (Å²) in [5.41, 5.74) is 0. The Morgan fingerprint density at radius 1 is 1.32 bits per heavy atom. The summed E-state index contributed by atoms with van der Waals surface area (Å²) in [5.74, 6) is 0.170. The van der Waals surface area contributed by atoms with E-state index in [0.29, 0.717) is 19.8 Å². The van der Waals surface area contributed by atoms with Gasteiger partial charge in [-0.05, 0) is 26.9 Å². The van der Waals surface area contributed by atoms with Crippen LogP contribution in [0, 0.1) is 0 Å². The van der Waals surface area contributed by atoms with Gasteiger partial charge in [-0.3, -0.25) is 9.59 Å². The molecule has 2 rings (SSSR count). The van der Waals surface area contributed by atoms with Crippen molar-refractivity contribution in [3.8, 4) is 0 Å². The molecule has 0 bridgehead atoms. The monoisotopic (exact) mass is 269 g/mol. The van der Waals surface area contributed by atoms with Crippen molar-refractivity contribution in [1.29, 1.82) is 0 Å². The normalized spacial score (nSPS) is 23.4. The number of hydrogen-bond donors (Lipinski definition) is 0. The minimum absolute atomic E-state index is 0.0791. The third-order valence-corrected chi connectivity index (χ3v) is 3.68. The SMILES string of the molecule is CN(C)CCOCCN1CC(=O)N2CCCC2C1=O. The lowest BCUT2D eigenvalue weighted by Crippen LogP contribution is -2.57. The van der Waals surface area contributed by atoms with Gasteiger partial charge in [0.15, 0.2) is 0 Å².